The van der Waals surface area contributed by atoms with Crippen LogP contribution in [0.1, 0.15) is 23.5 Å². The molecule has 1 unspecified atom stereocenters. The van der Waals surface area contributed by atoms with Gasteiger partial charge in [0.25, 0.3) is 11.8 Å². The van der Waals surface area contributed by atoms with Gasteiger partial charge in [-0.3, -0.25) is 30.1 Å². The molecule has 4 rings (SSSR count). The van der Waals surface area contributed by atoms with Crippen LogP contribution in [0.25, 0.3) is 10.7 Å². The van der Waals surface area contributed by atoms with Crippen molar-refractivity contribution < 1.29 is 14.3 Å². The Bertz CT molecular complexity index is 1080. The van der Waals surface area contributed by atoms with E-state index in [4.69, 9.17) is 17.0 Å². The maximum absolute atomic E-state index is 12.6. The second kappa shape index (κ2) is 9.04. The normalized spacial score (nSPS) is 15.0. The summed E-state index contributed by atoms with van der Waals surface area (Å²) in [5.41, 5.74) is 5.11. The molecule has 13 heteroatoms. The van der Waals surface area contributed by atoms with Gasteiger partial charge in [0.1, 0.15) is 11.7 Å². The van der Waals surface area contributed by atoms with Gasteiger partial charge in [-0.25, -0.2) is 4.98 Å². The predicted octanol–water partition coefficient (Wildman–Crippen LogP) is 1.98. The number of nitrogens with zero attached hydrogens (tertiary/aromatic N) is 4. The van der Waals surface area contributed by atoms with Crippen molar-refractivity contribution in [3.8, 4) is 10.7 Å². The molecule has 0 saturated carbocycles. The molecule has 1 saturated heterocycles. The fourth-order valence-corrected chi connectivity index (χ4v) is 4.78. The number of hydrogen-bond donors (Lipinski definition) is 3. The lowest BCUT2D eigenvalue weighted by Crippen LogP contribution is -2.44. The van der Waals surface area contributed by atoms with E-state index in [1.54, 1.807) is 16.9 Å². The molecular weight excluding hydrogens is 446 g/mol. The Morgan fingerprint density at radius 2 is 2.10 bits per heavy atom. The summed E-state index contributed by atoms with van der Waals surface area (Å²) in [5.74, 6) is -0.346. The molecule has 0 radical (unpaired) electrons. The van der Waals surface area contributed by atoms with Crippen molar-refractivity contribution in [1.82, 2.24) is 30.6 Å². The largest absolute Gasteiger partial charge is 0.378 e. The maximum atomic E-state index is 12.6. The summed E-state index contributed by atoms with van der Waals surface area (Å²) in [7, 11) is 0. The first-order valence-electron chi connectivity index (χ1n) is 9.14. The van der Waals surface area contributed by atoms with Crippen LogP contribution in [-0.4, -0.2) is 57.9 Å². The van der Waals surface area contributed by atoms with Gasteiger partial charge in [0.2, 0.25) is 0 Å². The number of H-pyrrole nitrogens is 1. The van der Waals surface area contributed by atoms with E-state index >= 15 is 0 Å². The highest BCUT2D eigenvalue weighted by molar-refractivity contribution is 7.71. The number of anilines is 1. The quantitative estimate of drug-likeness (QED) is 0.390. The van der Waals surface area contributed by atoms with Crippen LogP contribution >= 0.6 is 34.9 Å². The minimum atomic E-state index is -0.687. The molecule has 0 bridgehead atoms. The van der Waals surface area contributed by atoms with E-state index in [0.29, 0.717) is 23.8 Å². The highest BCUT2D eigenvalue weighted by Gasteiger charge is 2.23. The fourth-order valence-electron chi connectivity index (χ4n) is 2.92. The molecule has 2 amide bonds. The van der Waals surface area contributed by atoms with Gasteiger partial charge in [-0.1, -0.05) is 6.07 Å². The van der Waals surface area contributed by atoms with E-state index < -0.39 is 17.9 Å². The molecule has 1 aliphatic heterocycles. The number of aromatic amines is 1. The molecule has 10 nitrogen and oxygen atoms in total. The number of thiophene rings is 1. The zero-order chi connectivity index (χ0) is 21.1. The summed E-state index contributed by atoms with van der Waals surface area (Å²) in [6, 6.07) is 3.10. The van der Waals surface area contributed by atoms with Crippen LogP contribution in [-0.2, 0) is 9.53 Å². The Labute approximate surface area is 184 Å². The highest BCUT2D eigenvalue weighted by Crippen LogP contribution is 2.25. The molecule has 0 spiro atoms. The third-order valence-corrected chi connectivity index (χ3v) is 6.57. The topological polar surface area (TPSA) is 117 Å². The van der Waals surface area contributed by atoms with Crippen LogP contribution in [0.15, 0.2) is 22.9 Å². The van der Waals surface area contributed by atoms with Gasteiger partial charge in [-0.05, 0) is 30.6 Å². The minimum absolute atomic E-state index is 0.244. The zero-order valence-corrected chi connectivity index (χ0v) is 18.4. The third-order valence-electron chi connectivity index (χ3n) is 4.52. The van der Waals surface area contributed by atoms with Gasteiger partial charge in [0.15, 0.2) is 15.7 Å². The summed E-state index contributed by atoms with van der Waals surface area (Å²) in [4.78, 5) is 32.3. The first kappa shape index (κ1) is 20.7. The number of ether oxygens (including phenoxy) is 1. The van der Waals surface area contributed by atoms with Gasteiger partial charge < -0.3 is 9.64 Å². The SMILES string of the molecule is CC(C(=O)NNC(=O)c1csc(N2CCOCC2)n1)n1c(-c2cccs2)n[nH]c1=S. The van der Waals surface area contributed by atoms with Crippen LogP contribution in [0.5, 0.6) is 0 Å². The molecule has 4 heterocycles. The number of morpholine rings is 1. The average molecular weight is 466 g/mol. The molecule has 3 aromatic rings. The zero-order valence-electron chi connectivity index (χ0n) is 16.0. The van der Waals surface area contributed by atoms with Gasteiger partial charge >= 0.3 is 0 Å². The number of hydrazine groups is 1. The molecule has 0 aromatic carbocycles. The second-order valence-electron chi connectivity index (χ2n) is 6.43. The van der Waals surface area contributed by atoms with Crippen molar-refractivity contribution >= 4 is 51.8 Å². The van der Waals surface area contributed by atoms with E-state index in [1.165, 1.54) is 22.7 Å². The number of rotatable bonds is 5. The summed E-state index contributed by atoms with van der Waals surface area (Å²) >= 11 is 8.15. The number of thiazole rings is 1. The molecule has 3 aromatic heterocycles. The number of aromatic nitrogens is 4. The Morgan fingerprint density at radius 3 is 2.83 bits per heavy atom. The number of carbonyl (C=O) groups excluding carboxylic acids is 2. The number of amides is 2. The minimum Gasteiger partial charge on any atom is -0.378 e. The van der Waals surface area contributed by atoms with E-state index in [2.05, 4.69) is 30.9 Å². The summed E-state index contributed by atoms with van der Waals surface area (Å²) in [6.07, 6.45) is 0. The van der Waals surface area contributed by atoms with Gasteiger partial charge in [-0.2, -0.15) is 5.10 Å². The van der Waals surface area contributed by atoms with Crippen molar-refractivity contribution in [2.45, 2.75) is 13.0 Å². The first-order chi connectivity index (χ1) is 14.5. The Morgan fingerprint density at radius 1 is 1.30 bits per heavy atom. The molecule has 1 atom stereocenters. The van der Waals surface area contributed by atoms with Crippen molar-refractivity contribution in [2.75, 3.05) is 31.2 Å². The van der Waals surface area contributed by atoms with Crippen LogP contribution < -0.4 is 15.8 Å². The summed E-state index contributed by atoms with van der Waals surface area (Å²) in [5, 5.41) is 11.3. The molecule has 158 valence electrons. The Balaban J connectivity index is 1.39. The molecular formula is C17H19N7O3S3. The van der Waals surface area contributed by atoms with Crippen molar-refractivity contribution in [2.24, 2.45) is 0 Å². The summed E-state index contributed by atoms with van der Waals surface area (Å²) in [6.45, 7) is 4.43. The smallest absolute Gasteiger partial charge is 0.289 e. The molecule has 3 N–H and O–H groups in total. The van der Waals surface area contributed by atoms with E-state index in [1.807, 2.05) is 17.5 Å². The number of carbonyl (C=O) groups is 2. The van der Waals surface area contributed by atoms with Crippen LogP contribution in [0, 0.1) is 4.77 Å². The highest BCUT2D eigenvalue weighted by atomic mass is 32.1. The maximum Gasteiger partial charge on any atom is 0.289 e. The lowest BCUT2D eigenvalue weighted by atomic mass is 10.3. The predicted molar refractivity (Wildman–Crippen MR) is 116 cm³/mol. The van der Waals surface area contributed by atoms with Gasteiger partial charge in [0, 0.05) is 18.5 Å². The van der Waals surface area contributed by atoms with Crippen molar-refractivity contribution in [1.29, 1.82) is 0 Å². The van der Waals surface area contributed by atoms with Gasteiger partial charge in [-0.15, -0.1) is 22.7 Å². The van der Waals surface area contributed by atoms with E-state index in [9.17, 15) is 9.59 Å². The first-order valence-corrected chi connectivity index (χ1v) is 11.3. The lowest BCUT2D eigenvalue weighted by Gasteiger charge is -2.25. The van der Waals surface area contributed by atoms with E-state index in [-0.39, 0.29) is 5.69 Å². The van der Waals surface area contributed by atoms with Crippen LogP contribution in [0.3, 0.4) is 0 Å². The standard InChI is InChI=1S/C17H19N7O3S3/c1-10(24-13(19-22-16(24)28)12-3-2-8-29-12)14(25)20-21-15(26)11-9-30-17(18-11)23-4-6-27-7-5-23/h2-3,8-10H,4-7H2,1H3,(H,20,25)(H,21,26)(H,22,28). The summed E-state index contributed by atoms with van der Waals surface area (Å²) < 4.78 is 7.26. The molecule has 1 fully saturated rings. The Hall–Kier alpha value is -2.61. The average Bonchev–Trinajstić information content (AvgIpc) is 3.52. The third kappa shape index (κ3) is 4.28. The van der Waals surface area contributed by atoms with Crippen LogP contribution in [0.2, 0.25) is 0 Å². The number of hydrogen-bond acceptors (Lipinski definition) is 9. The van der Waals surface area contributed by atoms with Crippen molar-refractivity contribution in [3.05, 3.63) is 33.4 Å². The Kier molecular flexibility index (Phi) is 6.22. The second-order valence-corrected chi connectivity index (χ2v) is 8.60. The monoisotopic (exact) mass is 465 g/mol. The fraction of sp³-hybridized carbons (Fsp3) is 0.353. The molecule has 1 aliphatic rings. The molecule has 30 heavy (non-hydrogen) atoms. The lowest BCUT2D eigenvalue weighted by molar-refractivity contribution is -0.124. The number of nitrogens with one attached hydrogen (secondary N) is 3. The molecule has 0 aliphatic carbocycles. The van der Waals surface area contributed by atoms with Gasteiger partial charge in [0.05, 0.1) is 18.1 Å². The van der Waals surface area contributed by atoms with Crippen molar-refractivity contribution in [3.63, 3.8) is 0 Å². The van der Waals surface area contributed by atoms with E-state index in [0.717, 1.165) is 23.1 Å². The van der Waals surface area contributed by atoms with Crippen LogP contribution in [0.4, 0.5) is 5.13 Å².